The van der Waals surface area contributed by atoms with Crippen LogP contribution in [0.25, 0.3) is 11.3 Å². The predicted octanol–water partition coefficient (Wildman–Crippen LogP) is 3.08. The zero-order valence-electron chi connectivity index (χ0n) is 7.42. The van der Waals surface area contributed by atoms with Crippen LogP contribution in [-0.2, 0) is 0 Å². The van der Waals surface area contributed by atoms with Gasteiger partial charge in [0.05, 0.1) is 10.7 Å². The third-order valence-corrected chi connectivity index (χ3v) is 2.13. The fourth-order valence-electron chi connectivity index (χ4n) is 1.19. The average molecular weight is 227 g/mol. The molecule has 2 aromatic rings. The molecule has 0 atom stereocenters. The number of halogens is 3. The van der Waals surface area contributed by atoms with E-state index in [1.165, 1.54) is 12.5 Å². The molecule has 0 aliphatic heterocycles. The lowest BCUT2D eigenvalue weighted by molar-refractivity contribution is 0.602. The third-order valence-electron chi connectivity index (χ3n) is 1.85. The summed E-state index contributed by atoms with van der Waals surface area (Å²) in [6.07, 6.45) is 2.56. The highest BCUT2D eigenvalue weighted by Gasteiger charge is 2.11. The van der Waals surface area contributed by atoms with E-state index >= 15 is 0 Å². The molecule has 0 fully saturated rings. The van der Waals surface area contributed by atoms with Crippen LogP contribution in [0.5, 0.6) is 0 Å². The van der Waals surface area contributed by atoms with Gasteiger partial charge < -0.3 is 0 Å². The Balaban J connectivity index is 2.64. The van der Waals surface area contributed by atoms with Gasteiger partial charge in [-0.3, -0.25) is 0 Å². The molecular weight excluding hydrogens is 222 g/mol. The van der Waals surface area contributed by atoms with Crippen LogP contribution in [0.1, 0.15) is 0 Å². The number of benzene rings is 1. The molecule has 0 N–H and O–H groups in total. The molecule has 15 heavy (non-hydrogen) atoms. The summed E-state index contributed by atoms with van der Waals surface area (Å²) in [4.78, 5) is 7.46. The van der Waals surface area contributed by atoms with E-state index in [1.54, 1.807) is 0 Å². The number of aromatic nitrogens is 2. The lowest BCUT2D eigenvalue weighted by Crippen LogP contribution is -1.91. The first-order valence-electron chi connectivity index (χ1n) is 4.09. The molecule has 0 spiro atoms. The molecule has 5 heteroatoms. The first kappa shape index (κ1) is 9.98. The van der Waals surface area contributed by atoms with Crippen molar-refractivity contribution >= 4 is 11.6 Å². The molecule has 2 rings (SSSR count). The van der Waals surface area contributed by atoms with E-state index in [2.05, 4.69) is 9.97 Å². The predicted molar refractivity (Wildman–Crippen MR) is 52.4 cm³/mol. The van der Waals surface area contributed by atoms with Crippen molar-refractivity contribution in [1.82, 2.24) is 9.97 Å². The summed E-state index contributed by atoms with van der Waals surface area (Å²) in [7, 11) is 0. The van der Waals surface area contributed by atoms with Gasteiger partial charge in [0.2, 0.25) is 0 Å². The number of hydrogen-bond acceptors (Lipinski definition) is 2. The van der Waals surface area contributed by atoms with Crippen molar-refractivity contribution in [3.8, 4) is 11.3 Å². The summed E-state index contributed by atoms with van der Waals surface area (Å²) in [6.45, 7) is 0. The molecule has 0 amide bonds. The van der Waals surface area contributed by atoms with Gasteiger partial charge in [0, 0.05) is 11.8 Å². The Bertz CT molecular complexity index is 503. The average Bonchev–Trinajstić information content (AvgIpc) is 2.23. The second-order valence-corrected chi connectivity index (χ2v) is 3.25. The Morgan fingerprint density at radius 3 is 2.73 bits per heavy atom. The normalized spacial score (nSPS) is 10.3. The monoisotopic (exact) mass is 226 g/mol. The van der Waals surface area contributed by atoms with Crippen LogP contribution in [0.4, 0.5) is 8.78 Å². The maximum atomic E-state index is 13.3. The van der Waals surface area contributed by atoms with Gasteiger partial charge in [-0.1, -0.05) is 11.6 Å². The van der Waals surface area contributed by atoms with Crippen LogP contribution in [0.3, 0.4) is 0 Å². The highest BCUT2D eigenvalue weighted by atomic mass is 35.5. The summed E-state index contributed by atoms with van der Waals surface area (Å²) in [6, 6.07) is 3.11. The summed E-state index contributed by atoms with van der Waals surface area (Å²) >= 11 is 5.77. The third kappa shape index (κ3) is 1.94. The van der Waals surface area contributed by atoms with E-state index in [1.807, 2.05) is 0 Å². The Hall–Kier alpha value is -1.55. The van der Waals surface area contributed by atoms with Crippen molar-refractivity contribution in [2.24, 2.45) is 0 Å². The van der Waals surface area contributed by atoms with E-state index in [9.17, 15) is 8.78 Å². The first-order chi connectivity index (χ1) is 7.18. The Morgan fingerprint density at radius 1 is 1.20 bits per heavy atom. The number of nitrogens with zero attached hydrogens (tertiary/aromatic N) is 2. The molecule has 0 unspecified atom stereocenters. The largest absolute Gasteiger partial charge is 0.243 e. The summed E-state index contributed by atoms with van der Waals surface area (Å²) in [5.41, 5.74) is 0.214. The molecule has 2 nitrogen and oxygen atoms in total. The minimum atomic E-state index is -0.572. The van der Waals surface area contributed by atoms with E-state index in [4.69, 9.17) is 11.6 Å². The Morgan fingerprint density at radius 2 is 2.00 bits per heavy atom. The standard InChI is InChI=1S/C10H5ClF2N2/c11-8-4-14-5-15-10(8)7-3-6(12)1-2-9(7)13/h1-5H. The molecule has 0 aliphatic carbocycles. The molecule has 0 saturated carbocycles. The summed E-state index contributed by atoms with van der Waals surface area (Å²) in [5, 5.41) is 0.182. The molecule has 0 bridgehead atoms. The van der Waals surface area contributed by atoms with E-state index in [-0.39, 0.29) is 16.3 Å². The van der Waals surface area contributed by atoms with Gasteiger partial charge in [0.1, 0.15) is 18.0 Å². The highest BCUT2D eigenvalue weighted by molar-refractivity contribution is 6.32. The molecule has 1 heterocycles. The molecule has 0 aliphatic rings. The molecule has 0 saturated heterocycles. The second-order valence-electron chi connectivity index (χ2n) is 2.84. The van der Waals surface area contributed by atoms with Gasteiger partial charge >= 0.3 is 0 Å². The Labute approximate surface area is 89.6 Å². The number of hydrogen-bond donors (Lipinski definition) is 0. The zero-order chi connectivity index (χ0) is 10.8. The molecule has 0 radical (unpaired) electrons. The van der Waals surface area contributed by atoms with Crippen molar-refractivity contribution < 1.29 is 8.78 Å². The van der Waals surface area contributed by atoms with Gasteiger partial charge in [0.25, 0.3) is 0 Å². The van der Waals surface area contributed by atoms with Crippen LogP contribution in [0.15, 0.2) is 30.7 Å². The fourth-order valence-corrected chi connectivity index (χ4v) is 1.40. The van der Waals surface area contributed by atoms with Gasteiger partial charge in [-0.15, -0.1) is 0 Å². The van der Waals surface area contributed by atoms with E-state index < -0.39 is 11.6 Å². The molecule has 76 valence electrons. The van der Waals surface area contributed by atoms with Gasteiger partial charge in [-0.05, 0) is 18.2 Å². The second kappa shape index (κ2) is 3.90. The fraction of sp³-hybridized carbons (Fsp3) is 0. The van der Waals surface area contributed by atoms with Crippen molar-refractivity contribution in [3.63, 3.8) is 0 Å². The lowest BCUT2D eigenvalue weighted by atomic mass is 10.1. The molecule has 1 aromatic carbocycles. The minimum Gasteiger partial charge on any atom is -0.243 e. The van der Waals surface area contributed by atoms with Gasteiger partial charge in [-0.2, -0.15) is 0 Å². The molecular formula is C10H5ClF2N2. The maximum Gasteiger partial charge on any atom is 0.132 e. The van der Waals surface area contributed by atoms with Crippen LogP contribution < -0.4 is 0 Å². The van der Waals surface area contributed by atoms with Crippen LogP contribution in [0, 0.1) is 11.6 Å². The van der Waals surface area contributed by atoms with Crippen molar-refractivity contribution in [2.45, 2.75) is 0 Å². The van der Waals surface area contributed by atoms with E-state index in [0.29, 0.717) is 0 Å². The van der Waals surface area contributed by atoms with Gasteiger partial charge in [-0.25, -0.2) is 18.7 Å². The minimum absolute atomic E-state index is 0.0300. The van der Waals surface area contributed by atoms with Crippen molar-refractivity contribution in [1.29, 1.82) is 0 Å². The lowest BCUT2D eigenvalue weighted by Gasteiger charge is -2.03. The van der Waals surface area contributed by atoms with Crippen LogP contribution >= 0.6 is 11.6 Å². The SMILES string of the molecule is Fc1ccc(F)c(-c2ncncc2Cl)c1. The zero-order valence-corrected chi connectivity index (χ0v) is 8.17. The maximum absolute atomic E-state index is 13.3. The quantitative estimate of drug-likeness (QED) is 0.747. The Kier molecular flexibility index (Phi) is 2.60. The van der Waals surface area contributed by atoms with Crippen LogP contribution in [0.2, 0.25) is 5.02 Å². The number of rotatable bonds is 1. The van der Waals surface area contributed by atoms with E-state index in [0.717, 1.165) is 18.2 Å². The van der Waals surface area contributed by atoms with Crippen molar-refractivity contribution in [2.75, 3.05) is 0 Å². The van der Waals surface area contributed by atoms with Gasteiger partial charge in [0.15, 0.2) is 0 Å². The van der Waals surface area contributed by atoms with Crippen molar-refractivity contribution in [3.05, 3.63) is 47.4 Å². The summed E-state index contributed by atoms with van der Waals surface area (Å²) in [5.74, 6) is -1.11. The topological polar surface area (TPSA) is 25.8 Å². The first-order valence-corrected chi connectivity index (χ1v) is 4.47. The smallest absolute Gasteiger partial charge is 0.132 e. The highest BCUT2D eigenvalue weighted by Crippen LogP contribution is 2.27. The van der Waals surface area contributed by atoms with Crippen LogP contribution in [-0.4, -0.2) is 9.97 Å². The summed E-state index contributed by atoms with van der Waals surface area (Å²) < 4.78 is 26.3. The molecule has 1 aromatic heterocycles.